The fourth-order valence-corrected chi connectivity index (χ4v) is 13.6. The predicted octanol–water partition coefficient (Wildman–Crippen LogP) is 22.5. The maximum atomic E-state index is 6.60. The highest BCUT2D eigenvalue weighted by Crippen LogP contribution is 2.59. The van der Waals surface area contributed by atoms with E-state index in [2.05, 4.69) is 326 Å². The molecule has 404 valence electrons. The van der Waals surface area contributed by atoms with E-state index >= 15 is 0 Å². The molecule has 16 rings (SSSR count). The first-order valence-corrected chi connectivity index (χ1v) is 29.4. The van der Waals surface area contributed by atoms with Gasteiger partial charge in [0.05, 0.1) is 16.4 Å². The van der Waals surface area contributed by atoms with Crippen LogP contribution in [0.15, 0.2) is 321 Å². The number of para-hydroxylation sites is 1. The van der Waals surface area contributed by atoms with Crippen LogP contribution in [-0.4, -0.2) is 4.57 Å². The van der Waals surface area contributed by atoms with E-state index in [-0.39, 0.29) is 0 Å². The second-order valence-electron chi connectivity index (χ2n) is 22.5. The zero-order valence-electron chi connectivity index (χ0n) is 47.2. The summed E-state index contributed by atoms with van der Waals surface area (Å²) in [5.41, 5.74) is 26.1. The molecule has 3 heteroatoms. The molecule has 0 N–H and O–H groups in total. The van der Waals surface area contributed by atoms with Gasteiger partial charge in [0.15, 0.2) is 0 Å². The summed E-state index contributed by atoms with van der Waals surface area (Å²) < 4.78 is 9.08. The molecular weight excluding hydrogens is 1040 g/mol. The van der Waals surface area contributed by atoms with Gasteiger partial charge in [-0.05, 0) is 180 Å². The Hall–Kier alpha value is -11.3. The molecule has 0 fully saturated rings. The van der Waals surface area contributed by atoms with Crippen LogP contribution in [0.4, 0.5) is 17.1 Å². The van der Waals surface area contributed by atoms with Gasteiger partial charge in [-0.3, -0.25) is 0 Å². The van der Waals surface area contributed by atoms with Crippen LogP contribution in [-0.2, 0) is 5.41 Å². The Kier molecular flexibility index (Phi) is 12.1. The van der Waals surface area contributed by atoms with E-state index in [1.807, 2.05) is 12.2 Å². The van der Waals surface area contributed by atoms with Crippen molar-refractivity contribution in [2.75, 3.05) is 4.90 Å². The van der Waals surface area contributed by atoms with Gasteiger partial charge in [-0.15, -0.1) is 0 Å². The zero-order valence-corrected chi connectivity index (χ0v) is 47.2. The molecule has 0 amide bonds. The highest BCUT2D eigenvalue weighted by atomic mass is 16.3. The minimum Gasteiger partial charge on any atom is -0.456 e. The first-order chi connectivity index (χ1) is 42.5. The number of furan rings is 1. The number of hydrogen-bond acceptors (Lipinski definition) is 2. The molecule has 2 aromatic heterocycles. The zero-order chi connectivity index (χ0) is 57.3. The molecule has 0 radical (unpaired) electrons. The Balaban J connectivity index is 0.939. The Morgan fingerprint density at radius 2 is 0.756 bits per heavy atom. The summed E-state index contributed by atoms with van der Waals surface area (Å²) in [5, 5.41) is 4.55. The van der Waals surface area contributed by atoms with Crippen molar-refractivity contribution >= 4 is 73.0 Å². The highest BCUT2D eigenvalue weighted by molar-refractivity contribution is 6.12. The van der Waals surface area contributed by atoms with E-state index in [1.165, 1.54) is 60.8 Å². The van der Waals surface area contributed by atoms with Crippen molar-refractivity contribution < 1.29 is 4.42 Å². The summed E-state index contributed by atoms with van der Waals surface area (Å²) in [6, 6.07) is 111. The van der Waals surface area contributed by atoms with Gasteiger partial charge in [0, 0.05) is 44.3 Å². The van der Waals surface area contributed by atoms with Gasteiger partial charge in [-0.25, -0.2) is 0 Å². The molecule has 13 aromatic carbocycles. The number of aromatic nitrogens is 1. The van der Waals surface area contributed by atoms with E-state index in [4.69, 9.17) is 4.42 Å². The van der Waals surface area contributed by atoms with Gasteiger partial charge in [-0.1, -0.05) is 238 Å². The minimum atomic E-state index is -0.807. The number of anilines is 3. The molecule has 1 unspecified atom stereocenters. The predicted molar refractivity (Wildman–Crippen MR) is 362 cm³/mol. The number of nitrogens with zero attached hydrogens (tertiary/aromatic N) is 2. The third kappa shape index (κ3) is 8.27. The number of fused-ring (bicyclic) bond motifs is 9. The van der Waals surface area contributed by atoms with Crippen molar-refractivity contribution in [1.82, 2.24) is 4.57 Å². The lowest BCUT2D eigenvalue weighted by Crippen LogP contribution is -2.29. The van der Waals surface area contributed by atoms with Crippen LogP contribution in [0.25, 0.3) is 117 Å². The third-order valence-corrected chi connectivity index (χ3v) is 17.8. The van der Waals surface area contributed by atoms with Crippen LogP contribution in [0, 0.1) is 0 Å². The Morgan fingerprint density at radius 1 is 0.314 bits per heavy atom. The topological polar surface area (TPSA) is 21.3 Å². The summed E-state index contributed by atoms with van der Waals surface area (Å²) >= 11 is 0. The molecule has 2 heterocycles. The maximum absolute atomic E-state index is 6.60. The fraction of sp³-hybridized carbons (Fsp3) is 0.0120. The molecule has 1 aliphatic carbocycles. The van der Waals surface area contributed by atoms with Crippen LogP contribution >= 0.6 is 0 Å². The van der Waals surface area contributed by atoms with E-state index in [1.54, 1.807) is 0 Å². The van der Waals surface area contributed by atoms with Gasteiger partial charge in [0.2, 0.25) is 0 Å². The van der Waals surface area contributed by atoms with Crippen molar-refractivity contribution in [3.8, 4) is 61.3 Å². The number of benzene rings is 13. The van der Waals surface area contributed by atoms with E-state index < -0.39 is 5.41 Å². The molecule has 0 aliphatic heterocycles. The van der Waals surface area contributed by atoms with Crippen molar-refractivity contribution in [2.24, 2.45) is 0 Å². The molecule has 86 heavy (non-hydrogen) atoms. The van der Waals surface area contributed by atoms with Crippen molar-refractivity contribution in [2.45, 2.75) is 5.41 Å². The normalized spacial score (nSPS) is 13.5. The van der Waals surface area contributed by atoms with Crippen molar-refractivity contribution in [3.63, 3.8) is 0 Å². The van der Waals surface area contributed by atoms with Gasteiger partial charge in [-0.2, -0.15) is 0 Å². The average Bonchev–Trinajstić information content (AvgIpc) is 1.54. The summed E-state index contributed by atoms with van der Waals surface area (Å²) in [4.78, 5) is 2.42. The lowest BCUT2D eigenvalue weighted by molar-refractivity contribution is 0.668. The van der Waals surface area contributed by atoms with Gasteiger partial charge in [0.25, 0.3) is 0 Å². The first kappa shape index (κ1) is 50.5. The average molecular weight is 1100 g/mol. The van der Waals surface area contributed by atoms with Crippen LogP contribution in [0.2, 0.25) is 0 Å². The second kappa shape index (κ2) is 20.6. The summed E-state index contributed by atoms with van der Waals surface area (Å²) in [7, 11) is 0. The second-order valence-corrected chi connectivity index (χ2v) is 22.5. The van der Waals surface area contributed by atoms with E-state index in [0.717, 1.165) is 94.7 Å². The smallest absolute Gasteiger partial charge is 0.135 e. The van der Waals surface area contributed by atoms with Crippen LogP contribution in [0.1, 0.15) is 33.4 Å². The largest absolute Gasteiger partial charge is 0.456 e. The van der Waals surface area contributed by atoms with Gasteiger partial charge in [0.1, 0.15) is 11.2 Å². The molecule has 0 bridgehead atoms. The highest BCUT2D eigenvalue weighted by Gasteiger charge is 2.47. The van der Waals surface area contributed by atoms with Crippen molar-refractivity contribution in [1.29, 1.82) is 0 Å². The molecule has 0 saturated heterocycles. The minimum absolute atomic E-state index is 0.807. The quantitative estimate of drug-likeness (QED) is 0.122. The summed E-state index contributed by atoms with van der Waals surface area (Å²) in [6.45, 7) is 8.04. The molecule has 3 nitrogen and oxygen atoms in total. The lowest BCUT2D eigenvalue weighted by atomic mass is 9.67. The standard InChI is InChI=1S/C83H56N2O/c1-3-55-24-28-61(29-25-55)63-36-47-79-74(50-63)75-51-64(62-30-26-56(4-2)27-31-62)37-48-80(75)85(79)70-44-46-72-71-45-43-69(84(67-39-32-59(33-40-67)57-16-8-5-9-17-57)68-41-34-60(35-42-68)58-18-10-6-11-19-58)53-77(71)83(78(72)54-70,65-20-12-7-13-21-65)66-38-49-82-76(52-66)73-22-14-15-23-81(73)86-82/h3-54H,1-2H2. The molecule has 1 atom stereocenters. The monoisotopic (exact) mass is 1100 g/mol. The summed E-state index contributed by atoms with van der Waals surface area (Å²) in [6.07, 6.45) is 3.80. The molecular formula is C83H56N2O. The Morgan fingerprint density at radius 3 is 1.31 bits per heavy atom. The number of rotatable bonds is 12. The van der Waals surface area contributed by atoms with Crippen LogP contribution in [0.3, 0.4) is 0 Å². The van der Waals surface area contributed by atoms with E-state index in [9.17, 15) is 0 Å². The third-order valence-electron chi connectivity index (χ3n) is 17.8. The van der Waals surface area contributed by atoms with Gasteiger partial charge >= 0.3 is 0 Å². The first-order valence-electron chi connectivity index (χ1n) is 29.4. The molecule has 15 aromatic rings. The maximum Gasteiger partial charge on any atom is 0.135 e. The van der Waals surface area contributed by atoms with E-state index in [0.29, 0.717) is 0 Å². The molecule has 1 aliphatic rings. The Bertz CT molecular complexity index is 4900. The molecule has 0 saturated carbocycles. The van der Waals surface area contributed by atoms with Crippen molar-refractivity contribution in [3.05, 3.63) is 350 Å². The van der Waals surface area contributed by atoms with Gasteiger partial charge < -0.3 is 13.9 Å². The van der Waals surface area contributed by atoms with Crippen LogP contribution < -0.4 is 4.90 Å². The lowest BCUT2D eigenvalue weighted by Gasteiger charge is -2.35. The Labute approximate surface area is 500 Å². The number of hydrogen-bond donors (Lipinski definition) is 0. The molecule has 0 spiro atoms. The fourth-order valence-electron chi connectivity index (χ4n) is 13.6. The SMILES string of the molecule is C=Cc1ccc(-c2ccc3c(c2)c2cc(-c4ccc(C=C)cc4)ccc2n3-c2ccc3c(c2)C(c2ccccc2)(c2ccc4oc5ccccc5c4c2)c2cc(N(c4ccc(-c5ccccc5)cc4)c4ccc(-c5ccccc5)cc4)ccc2-3)cc1. The van der Waals surface area contributed by atoms with Crippen LogP contribution in [0.5, 0.6) is 0 Å². The summed E-state index contributed by atoms with van der Waals surface area (Å²) in [5.74, 6) is 0.